The summed E-state index contributed by atoms with van der Waals surface area (Å²) < 4.78 is 48.3. The number of halogens is 4. The van der Waals surface area contributed by atoms with Crippen LogP contribution in [-0.4, -0.2) is 18.1 Å². The molecule has 1 aromatic rings. The lowest BCUT2D eigenvalue weighted by atomic mass is 10.1. The van der Waals surface area contributed by atoms with E-state index < -0.39 is 24.6 Å². The Labute approximate surface area is 83.7 Å². The molecule has 1 nitrogen and oxygen atoms in total. The Morgan fingerprint density at radius 1 is 1.20 bits per heavy atom. The summed E-state index contributed by atoms with van der Waals surface area (Å²) in [5.74, 6) is -1.13. The van der Waals surface area contributed by atoms with E-state index in [-0.39, 0.29) is 5.56 Å². The average Bonchev–Trinajstić information content (AvgIpc) is 2.15. The zero-order valence-electron chi connectivity index (χ0n) is 7.59. The van der Waals surface area contributed by atoms with Crippen LogP contribution in [0.5, 0.6) is 0 Å². The summed E-state index contributed by atoms with van der Waals surface area (Å²) >= 11 is 0. The van der Waals surface area contributed by atoms with Gasteiger partial charge in [-0.15, -0.1) is 0 Å². The molecular formula is C10H8F4O. The van der Waals surface area contributed by atoms with Crippen LogP contribution in [0.1, 0.15) is 16.8 Å². The Bertz CT molecular complexity index is 331. The predicted octanol–water partition coefficient (Wildman–Crippen LogP) is 3.16. The van der Waals surface area contributed by atoms with Crippen molar-refractivity contribution in [2.45, 2.75) is 18.8 Å². The van der Waals surface area contributed by atoms with Crippen molar-refractivity contribution in [3.63, 3.8) is 0 Å². The Balaban J connectivity index is 2.70. The molecule has 0 fully saturated rings. The SMILES string of the molecule is O=C(c1ccccc1)C(F)CC(F)(F)F. The van der Waals surface area contributed by atoms with Crippen LogP contribution in [0, 0.1) is 0 Å². The molecule has 0 amide bonds. The first kappa shape index (κ1) is 11.7. The van der Waals surface area contributed by atoms with Gasteiger partial charge in [-0.1, -0.05) is 30.3 Å². The smallest absolute Gasteiger partial charge is 0.291 e. The highest BCUT2D eigenvalue weighted by atomic mass is 19.4. The van der Waals surface area contributed by atoms with E-state index in [0.29, 0.717) is 0 Å². The van der Waals surface area contributed by atoms with Gasteiger partial charge < -0.3 is 0 Å². The number of hydrogen-bond acceptors (Lipinski definition) is 1. The van der Waals surface area contributed by atoms with Gasteiger partial charge in [0.15, 0.2) is 12.0 Å². The van der Waals surface area contributed by atoms with Crippen molar-refractivity contribution in [2.24, 2.45) is 0 Å². The molecule has 1 atom stereocenters. The second-order valence-electron chi connectivity index (χ2n) is 3.02. The molecule has 15 heavy (non-hydrogen) atoms. The van der Waals surface area contributed by atoms with Gasteiger partial charge in [-0.2, -0.15) is 13.2 Å². The van der Waals surface area contributed by atoms with E-state index in [0.717, 1.165) is 0 Å². The number of Topliss-reactive ketones (excluding diaryl/α,β-unsaturated/α-hetero) is 1. The molecule has 0 bridgehead atoms. The monoisotopic (exact) mass is 220 g/mol. The Morgan fingerprint density at radius 3 is 2.20 bits per heavy atom. The first-order valence-electron chi connectivity index (χ1n) is 4.20. The number of carbonyl (C=O) groups excluding carboxylic acids is 1. The minimum absolute atomic E-state index is 0.0470. The molecule has 0 aliphatic heterocycles. The Kier molecular flexibility index (Phi) is 3.44. The maximum atomic E-state index is 12.9. The summed E-state index contributed by atoms with van der Waals surface area (Å²) in [5, 5.41) is 0. The van der Waals surface area contributed by atoms with Crippen molar-refractivity contribution in [3.8, 4) is 0 Å². The van der Waals surface area contributed by atoms with Gasteiger partial charge in [0.2, 0.25) is 0 Å². The minimum atomic E-state index is -4.66. The van der Waals surface area contributed by atoms with Crippen LogP contribution >= 0.6 is 0 Å². The third-order valence-electron chi connectivity index (χ3n) is 1.75. The van der Waals surface area contributed by atoms with Gasteiger partial charge in [-0.25, -0.2) is 4.39 Å². The van der Waals surface area contributed by atoms with Crippen LogP contribution in [-0.2, 0) is 0 Å². The van der Waals surface area contributed by atoms with Crippen LogP contribution in [0.2, 0.25) is 0 Å². The van der Waals surface area contributed by atoms with E-state index in [9.17, 15) is 22.4 Å². The maximum absolute atomic E-state index is 12.9. The highest BCUT2D eigenvalue weighted by Gasteiger charge is 2.35. The van der Waals surface area contributed by atoms with Crippen LogP contribution in [0.3, 0.4) is 0 Å². The molecule has 0 radical (unpaired) electrons. The van der Waals surface area contributed by atoms with Crippen molar-refractivity contribution in [2.75, 3.05) is 0 Å². The van der Waals surface area contributed by atoms with Crippen molar-refractivity contribution in [1.82, 2.24) is 0 Å². The van der Waals surface area contributed by atoms with Crippen LogP contribution < -0.4 is 0 Å². The molecule has 1 rings (SSSR count). The Morgan fingerprint density at radius 2 is 1.73 bits per heavy atom. The van der Waals surface area contributed by atoms with E-state index in [1.807, 2.05) is 0 Å². The van der Waals surface area contributed by atoms with Gasteiger partial charge in [0, 0.05) is 5.56 Å². The van der Waals surface area contributed by atoms with E-state index >= 15 is 0 Å². The number of alkyl halides is 4. The van der Waals surface area contributed by atoms with Gasteiger partial charge in [0.05, 0.1) is 6.42 Å². The molecule has 0 heterocycles. The third-order valence-corrected chi connectivity index (χ3v) is 1.75. The van der Waals surface area contributed by atoms with Crippen molar-refractivity contribution in [1.29, 1.82) is 0 Å². The topological polar surface area (TPSA) is 17.1 Å². The Hall–Kier alpha value is -1.39. The first-order valence-corrected chi connectivity index (χ1v) is 4.20. The molecule has 0 aliphatic carbocycles. The molecule has 0 spiro atoms. The molecule has 0 N–H and O–H groups in total. The van der Waals surface area contributed by atoms with Crippen molar-refractivity contribution < 1.29 is 22.4 Å². The normalized spacial score (nSPS) is 13.6. The summed E-state index contributed by atoms with van der Waals surface area (Å²) in [4.78, 5) is 11.1. The number of ketones is 1. The lowest BCUT2D eigenvalue weighted by Gasteiger charge is -2.09. The lowest BCUT2D eigenvalue weighted by molar-refractivity contribution is -0.142. The molecule has 0 saturated carbocycles. The molecule has 0 aromatic heterocycles. The number of carbonyl (C=O) groups is 1. The van der Waals surface area contributed by atoms with Gasteiger partial charge in [0.1, 0.15) is 0 Å². The fraction of sp³-hybridized carbons (Fsp3) is 0.300. The quantitative estimate of drug-likeness (QED) is 0.564. The largest absolute Gasteiger partial charge is 0.392 e. The van der Waals surface area contributed by atoms with Crippen LogP contribution in [0.15, 0.2) is 30.3 Å². The standard InChI is InChI=1S/C10H8F4O/c11-8(6-10(12,13)14)9(15)7-4-2-1-3-5-7/h1-5,8H,6H2. The second-order valence-corrected chi connectivity index (χ2v) is 3.02. The zero-order chi connectivity index (χ0) is 11.5. The summed E-state index contributed by atoms with van der Waals surface area (Å²) in [6, 6.07) is 7.09. The molecule has 1 aromatic carbocycles. The van der Waals surface area contributed by atoms with Crippen LogP contribution in [0.25, 0.3) is 0 Å². The molecule has 82 valence electrons. The second kappa shape index (κ2) is 4.42. The van der Waals surface area contributed by atoms with Gasteiger partial charge in [0.25, 0.3) is 0 Å². The number of benzene rings is 1. The summed E-state index contributed by atoms with van der Waals surface area (Å²) in [6.45, 7) is 0. The van der Waals surface area contributed by atoms with E-state index in [4.69, 9.17) is 0 Å². The average molecular weight is 220 g/mol. The minimum Gasteiger partial charge on any atom is -0.291 e. The lowest BCUT2D eigenvalue weighted by Crippen LogP contribution is -2.23. The van der Waals surface area contributed by atoms with E-state index in [2.05, 4.69) is 0 Å². The third kappa shape index (κ3) is 3.69. The fourth-order valence-corrected chi connectivity index (χ4v) is 1.08. The van der Waals surface area contributed by atoms with E-state index in [1.165, 1.54) is 24.3 Å². The molecule has 0 saturated heterocycles. The van der Waals surface area contributed by atoms with E-state index in [1.54, 1.807) is 6.07 Å². The summed E-state index contributed by atoms with van der Waals surface area (Å²) in [6.07, 6.45) is -8.92. The van der Waals surface area contributed by atoms with Gasteiger partial charge in [-0.05, 0) is 0 Å². The maximum Gasteiger partial charge on any atom is 0.392 e. The highest BCUT2D eigenvalue weighted by molar-refractivity contribution is 5.99. The fourth-order valence-electron chi connectivity index (χ4n) is 1.08. The number of hydrogen-bond donors (Lipinski definition) is 0. The molecule has 5 heteroatoms. The molecule has 1 unspecified atom stereocenters. The van der Waals surface area contributed by atoms with Gasteiger partial charge >= 0.3 is 6.18 Å². The van der Waals surface area contributed by atoms with Crippen LogP contribution in [0.4, 0.5) is 17.6 Å². The molecular weight excluding hydrogens is 212 g/mol. The van der Waals surface area contributed by atoms with Crippen molar-refractivity contribution >= 4 is 5.78 Å². The van der Waals surface area contributed by atoms with Gasteiger partial charge in [-0.3, -0.25) is 4.79 Å². The molecule has 0 aliphatic rings. The number of rotatable bonds is 3. The van der Waals surface area contributed by atoms with Crippen molar-refractivity contribution in [3.05, 3.63) is 35.9 Å². The highest BCUT2D eigenvalue weighted by Crippen LogP contribution is 2.24. The summed E-state index contributed by atoms with van der Waals surface area (Å²) in [7, 11) is 0. The summed E-state index contributed by atoms with van der Waals surface area (Å²) in [5.41, 5.74) is -0.0470. The first-order chi connectivity index (χ1) is 6.90. The zero-order valence-corrected chi connectivity index (χ0v) is 7.59. The predicted molar refractivity (Wildman–Crippen MR) is 46.3 cm³/mol.